The Kier molecular flexibility index (Phi) is 3.25. The fourth-order valence-corrected chi connectivity index (χ4v) is 0.637. The van der Waals surface area contributed by atoms with Gasteiger partial charge in [0.1, 0.15) is 0 Å². The molecule has 0 unspecified atom stereocenters. The van der Waals surface area contributed by atoms with Crippen molar-refractivity contribution >= 4 is 5.91 Å². The van der Waals surface area contributed by atoms with E-state index in [9.17, 15) is 4.79 Å². The molecule has 58 valence electrons. The van der Waals surface area contributed by atoms with Crippen LogP contribution in [0.4, 0.5) is 0 Å². The van der Waals surface area contributed by atoms with E-state index in [0.717, 1.165) is 0 Å². The van der Waals surface area contributed by atoms with Crippen molar-refractivity contribution in [2.45, 2.75) is 0 Å². The maximum Gasteiger partial charge on any atom is 0.337 e. The summed E-state index contributed by atoms with van der Waals surface area (Å²) in [6, 6.07) is 0. The van der Waals surface area contributed by atoms with E-state index < -0.39 is 0 Å². The second kappa shape index (κ2) is 3.49. The Bertz CT molecular complexity index is 141. The average Bonchev–Trinajstić information content (AvgIpc) is 1.86. The van der Waals surface area contributed by atoms with Crippen molar-refractivity contribution in [3.63, 3.8) is 0 Å². The number of likely N-dealkylation sites (N-methyl/N-ethyl adjacent to an activating group) is 1. The lowest BCUT2D eigenvalue weighted by Crippen LogP contribution is -2.46. The molecule has 0 aromatic carbocycles. The predicted octanol–water partition coefficient (Wildman–Crippen LogP) is -0.500. The third kappa shape index (κ3) is 2.29. The molecule has 0 saturated heterocycles. The molecule has 0 atom stereocenters. The molecular formula is C7H15NO2+2. The molecule has 10 heavy (non-hydrogen) atoms. The Labute approximate surface area is 61.2 Å². The lowest BCUT2D eigenvalue weighted by molar-refractivity contribution is -0.811. The molecule has 0 aliphatic heterocycles. The topological polar surface area (TPSA) is 40.0 Å². The van der Waals surface area contributed by atoms with Gasteiger partial charge in [-0.15, -0.1) is 0 Å². The minimum atomic E-state index is -0.0350. The van der Waals surface area contributed by atoms with Crippen LogP contribution in [0, 0.1) is 0 Å². The second-order valence-electron chi connectivity index (χ2n) is 2.70. The van der Waals surface area contributed by atoms with Gasteiger partial charge in [-0.3, -0.25) is 4.48 Å². The normalized spacial score (nSPS) is 11.1. The Morgan fingerprint density at radius 2 is 2.20 bits per heavy atom. The first-order chi connectivity index (χ1) is 4.54. The van der Waals surface area contributed by atoms with Gasteiger partial charge in [0.15, 0.2) is 13.2 Å². The van der Waals surface area contributed by atoms with Crippen LogP contribution in [0.25, 0.3) is 0 Å². The molecule has 0 fully saturated rings. The van der Waals surface area contributed by atoms with E-state index in [0.29, 0.717) is 6.54 Å². The molecule has 0 rings (SSSR count). The van der Waals surface area contributed by atoms with E-state index in [4.69, 9.17) is 5.11 Å². The first-order valence-electron chi connectivity index (χ1n) is 3.19. The molecule has 3 nitrogen and oxygen atoms in total. The summed E-state index contributed by atoms with van der Waals surface area (Å²) in [5.41, 5.74) is 0. The highest BCUT2D eigenvalue weighted by atomic mass is 16.3. The molecule has 0 aliphatic carbocycles. The summed E-state index contributed by atoms with van der Waals surface area (Å²) in [5.74, 6) is -0.0350. The van der Waals surface area contributed by atoms with Gasteiger partial charge in [-0.2, -0.15) is 0 Å². The zero-order valence-electron chi connectivity index (χ0n) is 6.55. The van der Waals surface area contributed by atoms with Gasteiger partial charge < -0.3 is 5.11 Å². The number of quaternary nitrogens is 1. The predicted molar refractivity (Wildman–Crippen MR) is 40.7 cm³/mol. The van der Waals surface area contributed by atoms with E-state index in [2.05, 4.69) is 6.58 Å². The first-order valence-corrected chi connectivity index (χ1v) is 3.19. The smallest absolute Gasteiger partial charge is 0.337 e. The molecule has 2 N–H and O–H groups in total. The van der Waals surface area contributed by atoms with E-state index in [-0.39, 0.29) is 17.0 Å². The van der Waals surface area contributed by atoms with E-state index >= 15 is 0 Å². The number of carbonyl (C=O) groups excluding carboxylic acids is 1. The molecule has 0 radical (unpaired) electrons. The van der Waals surface area contributed by atoms with Crippen LogP contribution in [-0.4, -0.2) is 42.7 Å². The number of carbonyl (C=O) groups is 1. The van der Waals surface area contributed by atoms with Gasteiger partial charge in [-0.05, 0) is 0 Å². The quantitative estimate of drug-likeness (QED) is 0.300. The molecule has 0 aromatic rings. The largest absolute Gasteiger partial charge is 0.441 e. The highest BCUT2D eigenvalue weighted by molar-refractivity contribution is 5.80. The monoisotopic (exact) mass is 145 g/mol. The average molecular weight is 145 g/mol. The summed E-state index contributed by atoms with van der Waals surface area (Å²) in [4.78, 5) is 11.0. The van der Waals surface area contributed by atoms with Gasteiger partial charge in [0.05, 0.1) is 14.1 Å². The van der Waals surface area contributed by atoms with Crippen molar-refractivity contribution in [3.05, 3.63) is 12.7 Å². The summed E-state index contributed by atoms with van der Waals surface area (Å²) in [6.45, 7) is 4.20. The van der Waals surface area contributed by atoms with Crippen LogP contribution in [0.1, 0.15) is 0 Å². The van der Waals surface area contributed by atoms with Crippen molar-refractivity contribution < 1.29 is 14.4 Å². The summed E-state index contributed by atoms with van der Waals surface area (Å²) in [7, 11) is 3.55. The van der Waals surface area contributed by atoms with Crippen molar-refractivity contribution in [1.29, 1.82) is 0 Å². The fourth-order valence-electron chi connectivity index (χ4n) is 0.637. The maximum absolute atomic E-state index is 11.0. The van der Waals surface area contributed by atoms with Crippen LogP contribution in [-0.2, 0) is 4.79 Å². The van der Waals surface area contributed by atoms with Crippen LogP contribution < -0.4 is 0 Å². The Hall–Kier alpha value is -0.670. The summed E-state index contributed by atoms with van der Waals surface area (Å²) in [6.07, 6.45) is 1.30. The van der Waals surface area contributed by atoms with Crippen molar-refractivity contribution in [1.82, 2.24) is 0 Å². The standard InChI is InChI=1S/C7H14NO2/c1-4-7(10)8(2,3)5-6-9/h4,9H,1,5-6H2,2-3H3/q+1/p+1. The Morgan fingerprint density at radius 1 is 1.70 bits per heavy atom. The van der Waals surface area contributed by atoms with E-state index in [1.807, 2.05) is 0 Å². The van der Waals surface area contributed by atoms with Crippen LogP contribution in [0.2, 0.25) is 0 Å². The second-order valence-corrected chi connectivity index (χ2v) is 2.70. The van der Waals surface area contributed by atoms with Gasteiger partial charge in [-0.25, -0.2) is 4.79 Å². The molecule has 1 amide bonds. The minimum Gasteiger partial charge on any atom is -0.441 e. The van der Waals surface area contributed by atoms with Crippen LogP contribution in [0.15, 0.2) is 12.7 Å². The number of amides is 1. The Morgan fingerprint density at radius 3 is 2.50 bits per heavy atom. The molecule has 0 heterocycles. The number of nitrogens with zero attached hydrogens (tertiary/aromatic N) is 1. The van der Waals surface area contributed by atoms with Crippen LogP contribution in [0.5, 0.6) is 0 Å². The zero-order chi connectivity index (χ0) is 8.20. The van der Waals surface area contributed by atoms with Gasteiger partial charge >= 0.3 is 5.91 Å². The lowest BCUT2D eigenvalue weighted by atomic mass is 10.4. The SMILES string of the molecule is C=CC(=O)[N+](C)(C)CC[OH2+]. The first kappa shape index (κ1) is 9.33. The maximum atomic E-state index is 11.0. The third-order valence-corrected chi connectivity index (χ3v) is 1.44. The molecule has 0 bridgehead atoms. The Balaban J connectivity index is 4.08. The molecular weight excluding hydrogens is 130 g/mol. The number of rotatable bonds is 3. The summed E-state index contributed by atoms with van der Waals surface area (Å²) < 4.78 is 0.229. The third-order valence-electron chi connectivity index (χ3n) is 1.44. The molecule has 0 spiro atoms. The fraction of sp³-hybridized carbons (Fsp3) is 0.571. The minimum absolute atomic E-state index is 0.0350. The zero-order valence-corrected chi connectivity index (χ0v) is 6.55. The van der Waals surface area contributed by atoms with Crippen molar-refractivity contribution in [2.75, 3.05) is 27.2 Å². The molecule has 3 heteroatoms. The van der Waals surface area contributed by atoms with Crippen LogP contribution >= 0.6 is 0 Å². The van der Waals surface area contributed by atoms with E-state index in [1.165, 1.54) is 6.08 Å². The highest BCUT2D eigenvalue weighted by Gasteiger charge is 2.22. The summed E-state index contributed by atoms with van der Waals surface area (Å²) >= 11 is 0. The number of hydrogen-bond donors (Lipinski definition) is 0. The van der Waals surface area contributed by atoms with E-state index in [1.54, 1.807) is 14.1 Å². The van der Waals surface area contributed by atoms with Gasteiger partial charge in [0, 0.05) is 6.08 Å². The van der Waals surface area contributed by atoms with Crippen molar-refractivity contribution in [2.24, 2.45) is 0 Å². The molecule has 0 aromatic heterocycles. The van der Waals surface area contributed by atoms with Crippen molar-refractivity contribution in [3.8, 4) is 0 Å². The molecule has 0 aliphatic rings. The highest BCUT2D eigenvalue weighted by Crippen LogP contribution is 1.96. The number of hydrogen-bond acceptors (Lipinski definition) is 1. The van der Waals surface area contributed by atoms with Gasteiger partial charge in [0.2, 0.25) is 0 Å². The van der Waals surface area contributed by atoms with Gasteiger partial charge in [-0.1, -0.05) is 6.58 Å². The van der Waals surface area contributed by atoms with Crippen LogP contribution in [0.3, 0.4) is 0 Å². The summed E-state index contributed by atoms with van der Waals surface area (Å²) in [5, 5.41) is 6.92. The lowest BCUT2D eigenvalue weighted by Gasteiger charge is -2.22. The molecule has 0 saturated carbocycles. The van der Waals surface area contributed by atoms with Gasteiger partial charge in [0.25, 0.3) is 0 Å².